The van der Waals surface area contributed by atoms with Crippen LogP contribution in [0.4, 0.5) is 0 Å². The zero-order chi connectivity index (χ0) is 14.3. The minimum absolute atomic E-state index is 0.279. The molecule has 1 atom stereocenters. The lowest BCUT2D eigenvalue weighted by molar-refractivity contribution is -0.157. The van der Waals surface area contributed by atoms with Gasteiger partial charge in [-0.3, -0.25) is 4.79 Å². The predicted octanol–water partition coefficient (Wildman–Crippen LogP) is 0.948. The van der Waals surface area contributed by atoms with E-state index in [-0.39, 0.29) is 12.0 Å². The molecule has 102 valence electrons. The maximum Gasteiger partial charge on any atom is 0.347 e. The summed E-state index contributed by atoms with van der Waals surface area (Å²) in [6.45, 7) is 0. The largest absolute Gasteiger partial charge is 0.469 e. The summed E-state index contributed by atoms with van der Waals surface area (Å²) in [5.41, 5.74) is 0.279. The highest BCUT2D eigenvalue weighted by Gasteiger charge is 2.27. The van der Waals surface area contributed by atoms with E-state index in [0.717, 1.165) is 7.11 Å². The Balaban J connectivity index is 2.74. The maximum atomic E-state index is 11.8. The fourth-order valence-electron chi connectivity index (χ4n) is 1.31. The highest BCUT2D eigenvalue weighted by Crippen LogP contribution is 2.08. The molecule has 6 heteroatoms. The molecule has 1 aromatic rings. The number of methoxy groups -OCH3 is 2. The molecule has 0 aliphatic heterocycles. The topological polar surface area (TPSA) is 78.9 Å². The van der Waals surface area contributed by atoms with Gasteiger partial charge in [-0.05, 0) is 12.1 Å². The average molecular weight is 266 g/mol. The van der Waals surface area contributed by atoms with E-state index < -0.39 is 24.0 Å². The van der Waals surface area contributed by atoms with E-state index in [4.69, 9.17) is 4.74 Å². The molecule has 0 heterocycles. The van der Waals surface area contributed by atoms with Crippen molar-refractivity contribution in [1.82, 2.24) is 0 Å². The van der Waals surface area contributed by atoms with Crippen LogP contribution < -0.4 is 0 Å². The van der Waals surface area contributed by atoms with Crippen molar-refractivity contribution in [2.75, 3.05) is 14.2 Å². The van der Waals surface area contributed by atoms with Gasteiger partial charge >= 0.3 is 17.9 Å². The number of hydrogen-bond acceptors (Lipinski definition) is 6. The molecule has 19 heavy (non-hydrogen) atoms. The van der Waals surface area contributed by atoms with Crippen molar-refractivity contribution in [1.29, 1.82) is 0 Å². The third kappa shape index (κ3) is 4.42. The summed E-state index contributed by atoms with van der Waals surface area (Å²) in [7, 11) is 2.32. The molecular weight excluding hydrogens is 252 g/mol. The Morgan fingerprint density at radius 3 is 2.21 bits per heavy atom. The number of hydrogen-bond donors (Lipinski definition) is 0. The van der Waals surface area contributed by atoms with Crippen LogP contribution in [-0.2, 0) is 23.8 Å². The number of ether oxygens (including phenoxy) is 3. The van der Waals surface area contributed by atoms with Crippen LogP contribution in [0.5, 0.6) is 0 Å². The fourth-order valence-corrected chi connectivity index (χ4v) is 1.31. The zero-order valence-corrected chi connectivity index (χ0v) is 10.6. The van der Waals surface area contributed by atoms with Gasteiger partial charge in [0, 0.05) is 0 Å². The lowest BCUT2D eigenvalue weighted by Crippen LogP contribution is -2.31. The van der Waals surface area contributed by atoms with Gasteiger partial charge in [-0.2, -0.15) is 0 Å². The molecule has 0 aliphatic carbocycles. The molecule has 0 radical (unpaired) electrons. The Hall–Kier alpha value is -2.37. The number of esters is 3. The second kappa shape index (κ2) is 7.15. The van der Waals surface area contributed by atoms with Crippen LogP contribution in [0.15, 0.2) is 30.3 Å². The normalized spacial score (nSPS) is 11.3. The number of carbonyl (C=O) groups excluding carboxylic acids is 3. The summed E-state index contributed by atoms with van der Waals surface area (Å²) in [4.78, 5) is 34.3. The summed E-state index contributed by atoms with van der Waals surface area (Å²) in [6, 6.07) is 8.13. The van der Waals surface area contributed by atoms with Crippen molar-refractivity contribution >= 4 is 17.9 Å². The molecule has 0 aromatic heterocycles. The van der Waals surface area contributed by atoms with Crippen molar-refractivity contribution in [3.63, 3.8) is 0 Å². The summed E-state index contributed by atoms with van der Waals surface area (Å²) < 4.78 is 13.8. The van der Waals surface area contributed by atoms with Crippen LogP contribution in [0.1, 0.15) is 16.8 Å². The molecule has 0 amide bonds. The molecule has 1 unspecified atom stereocenters. The van der Waals surface area contributed by atoms with Gasteiger partial charge in [0.15, 0.2) is 0 Å². The molecule has 1 rings (SSSR count). The van der Waals surface area contributed by atoms with Crippen LogP contribution in [0.2, 0.25) is 0 Å². The lowest BCUT2D eigenvalue weighted by atomic mass is 10.2. The van der Waals surface area contributed by atoms with Gasteiger partial charge < -0.3 is 14.2 Å². The summed E-state index contributed by atoms with van der Waals surface area (Å²) in [5.74, 6) is -2.19. The van der Waals surface area contributed by atoms with Gasteiger partial charge in [-0.1, -0.05) is 18.2 Å². The number of rotatable bonds is 5. The first kappa shape index (κ1) is 14.7. The van der Waals surface area contributed by atoms with Crippen LogP contribution in [0, 0.1) is 0 Å². The summed E-state index contributed by atoms with van der Waals surface area (Å²) in [5, 5.41) is 0. The van der Waals surface area contributed by atoms with Crippen molar-refractivity contribution < 1.29 is 28.6 Å². The zero-order valence-electron chi connectivity index (χ0n) is 10.6. The van der Waals surface area contributed by atoms with Gasteiger partial charge in [0.25, 0.3) is 0 Å². The Morgan fingerprint density at radius 2 is 1.68 bits per heavy atom. The van der Waals surface area contributed by atoms with E-state index in [1.165, 1.54) is 19.2 Å². The molecule has 0 N–H and O–H groups in total. The van der Waals surface area contributed by atoms with Crippen molar-refractivity contribution in [2.45, 2.75) is 12.5 Å². The molecular formula is C13H14O6. The first-order valence-corrected chi connectivity index (χ1v) is 5.49. The number of benzene rings is 1. The third-order valence-corrected chi connectivity index (χ3v) is 2.30. The van der Waals surface area contributed by atoms with Crippen LogP contribution in [-0.4, -0.2) is 38.2 Å². The SMILES string of the molecule is COC(=O)CC(OC(=O)c1ccccc1)C(=O)OC. The van der Waals surface area contributed by atoms with E-state index >= 15 is 0 Å². The van der Waals surface area contributed by atoms with Gasteiger partial charge in [-0.15, -0.1) is 0 Å². The first-order valence-electron chi connectivity index (χ1n) is 5.49. The van der Waals surface area contributed by atoms with E-state index in [2.05, 4.69) is 9.47 Å². The molecule has 6 nitrogen and oxygen atoms in total. The smallest absolute Gasteiger partial charge is 0.347 e. The predicted molar refractivity (Wildman–Crippen MR) is 64.3 cm³/mol. The van der Waals surface area contributed by atoms with Crippen LogP contribution >= 0.6 is 0 Å². The molecule has 1 aromatic carbocycles. The molecule has 0 bridgehead atoms. The Kier molecular flexibility index (Phi) is 5.53. The lowest BCUT2D eigenvalue weighted by Gasteiger charge is -2.14. The highest BCUT2D eigenvalue weighted by atomic mass is 16.6. The molecule has 0 saturated heterocycles. The van der Waals surface area contributed by atoms with E-state index in [1.54, 1.807) is 18.2 Å². The highest BCUT2D eigenvalue weighted by molar-refractivity contribution is 5.92. The Labute approximate surface area is 110 Å². The molecule has 0 fully saturated rings. The Morgan fingerprint density at radius 1 is 1.05 bits per heavy atom. The van der Waals surface area contributed by atoms with Gasteiger partial charge in [0.05, 0.1) is 26.2 Å². The molecule has 0 saturated carbocycles. The summed E-state index contributed by atoms with van der Waals surface area (Å²) in [6.07, 6.45) is -1.70. The van der Waals surface area contributed by atoms with E-state index in [0.29, 0.717) is 0 Å². The van der Waals surface area contributed by atoms with E-state index in [9.17, 15) is 14.4 Å². The maximum absolute atomic E-state index is 11.8. The van der Waals surface area contributed by atoms with Gasteiger partial charge in [0.2, 0.25) is 6.10 Å². The average Bonchev–Trinajstić information content (AvgIpc) is 2.46. The molecule has 0 spiro atoms. The third-order valence-electron chi connectivity index (χ3n) is 2.30. The minimum atomic E-state index is -1.31. The van der Waals surface area contributed by atoms with Crippen LogP contribution in [0.3, 0.4) is 0 Å². The van der Waals surface area contributed by atoms with E-state index in [1.807, 2.05) is 0 Å². The van der Waals surface area contributed by atoms with Crippen molar-refractivity contribution in [3.05, 3.63) is 35.9 Å². The second-order valence-electron chi connectivity index (χ2n) is 3.56. The van der Waals surface area contributed by atoms with Gasteiger partial charge in [-0.25, -0.2) is 9.59 Å². The standard InChI is InChI=1S/C13H14O6/c1-17-11(14)8-10(13(16)18-2)19-12(15)9-6-4-3-5-7-9/h3-7,10H,8H2,1-2H3. The van der Waals surface area contributed by atoms with Crippen molar-refractivity contribution in [3.8, 4) is 0 Å². The first-order chi connectivity index (χ1) is 9.08. The summed E-state index contributed by atoms with van der Waals surface area (Å²) >= 11 is 0. The minimum Gasteiger partial charge on any atom is -0.469 e. The van der Waals surface area contributed by atoms with Crippen LogP contribution in [0.25, 0.3) is 0 Å². The molecule has 0 aliphatic rings. The Bertz CT molecular complexity index is 453. The quantitative estimate of drug-likeness (QED) is 0.583. The van der Waals surface area contributed by atoms with Gasteiger partial charge in [0.1, 0.15) is 0 Å². The number of carbonyl (C=O) groups is 3. The van der Waals surface area contributed by atoms with Crippen molar-refractivity contribution in [2.24, 2.45) is 0 Å². The second-order valence-corrected chi connectivity index (χ2v) is 3.56. The fraction of sp³-hybridized carbons (Fsp3) is 0.308. The monoisotopic (exact) mass is 266 g/mol.